The van der Waals surface area contributed by atoms with Gasteiger partial charge in [-0.05, 0) is 38.5 Å². The normalized spacial score (nSPS) is 11.1. The Balaban J connectivity index is 2.32. The van der Waals surface area contributed by atoms with Gasteiger partial charge >= 0.3 is 6.09 Å². The number of benzene rings is 1. The lowest BCUT2D eigenvalue weighted by Crippen LogP contribution is -2.37. The number of carbonyl (C=O) groups is 1. The lowest BCUT2D eigenvalue weighted by Gasteiger charge is -2.26. The van der Waals surface area contributed by atoms with E-state index in [1.165, 1.54) is 17.3 Å². The summed E-state index contributed by atoms with van der Waals surface area (Å²) in [5, 5.41) is 0.604. The molecule has 0 bridgehead atoms. The first kappa shape index (κ1) is 17.0. The fraction of sp³-hybridized carbons (Fsp3) is 0.312. The second-order valence-corrected chi connectivity index (χ2v) is 6.40. The van der Waals surface area contributed by atoms with E-state index >= 15 is 0 Å². The number of aromatic nitrogens is 2. The van der Waals surface area contributed by atoms with E-state index in [1.54, 1.807) is 45.0 Å². The Labute approximate surface area is 139 Å². The molecule has 0 atom stereocenters. The molecule has 0 aliphatic heterocycles. The van der Waals surface area contributed by atoms with Crippen LogP contribution in [0.25, 0.3) is 0 Å². The third-order valence-corrected chi connectivity index (χ3v) is 3.06. The number of anilines is 1. The minimum atomic E-state index is -0.656. The Morgan fingerprint density at radius 3 is 2.52 bits per heavy atom. The zero-order chi connectivity index (χ0) is 17.0. The van der Waals surface area contributed by atoms with Crippen LogP contribution in [0.3, 0.4) is 0 Å². The number of halogens is 1. The highest BCUT2D eigenvalue weighted by Crippen LogP contribution is 2.18. The van der Waals surface area contributed by atoms with Gasteiger partial charge in [-0.15, -0.1) is 0 Å². The molecule has 2 aromatic rings. The van der Waals surface area contributed by atoms with Crippen LogP contribution in [-0.2, 0) is 11.3 Å². The summed E-state index contributed by atoms with van der Waals surface area (Å²) in [5.41, 5.74) is -0.168. The van der Waals surface area contributed by atoms with Crippen LogP contribution >= 0.6 is 11.6 Å². The van der Waals surface area contributed by atoms with Crippen molar-refractivity contribution >= 4 is 23.5 Å². The van der Waals surface area contributed by atoms with Crippen molar-refractivity contribution in [2.24, 2.45) is 0 Å². The number of amides is 1. The fourth-order valence-corrected chi connectivity index (χ4v) is 1.96. The number of carbonyl (C=O) groups excluding carboxylic acids is 1. The predicted molar refractivity (Wildman–Crippen MR) is 88.7 cm³/mol. The number of hydrogen-bond acceptors (Lipinski definition) is 4. The molecule has 1 aromatic heterocycles. The predicted octanol–water partition coefficient (Wildman–Crippen LogP) is 3.37. The molecule has 6 nitrogen and oxygen atoms in total. The summed E-state index contributed by atoms with van der Waals surface area (Å²) < 4.78 is 5.40. The maximum Gasteiger partial charge on any atom is 0.416 e. The molecule has 122 valence electrons. The molecular weight excluding hydrogens is 318 g/mol. The summed E-state index contributed by atoms with van der Waals surface area (Å²) in [7, 11) is 0. The maximum absolute atomic E-state index is 12.5. The van der Waals surface area contributed by atoms with Gasteiger partial charge in [-0.25, -0.2) is 9.78 Å². The summed E-state index contributed by atoms with van der Waals surface area (Å²) in [4.78, 5) is 31.8. The van der Waals surface area contributed by atoms with Crippen LogP contribution in [0.15, 0.2) is 41.5 Å². The molecule has 1 aromatic carbocycles. The zero-order valence-electron chi connectivity index (χ0n) is 13.2. The smallest absolute Gasteiger partial charge is 0.416 e. The summed E-state index contributed by atoms with van der Waals surface area (Å²) in [6.45, 7) is 5.53. The number of nitrogens with one attached hydrogen (secondary N) is 1. The Morgan fingerprint density at radius 2 is 1.96 bits per heavy atom. The number of nitrogens with zero attached hydrogens (tertiary/aromatic N) is 2. The highest BCUT2D eigenvalue weighted by atomic mass is 35.5. The van der Waals surface area contributed by atoms with Crippen LogP contribution in [0.1, 0.15) is 26.3 Å². The van der Waals surface area contributed by atoms with E-state index in [4.69, 9.17) is 16.3 Å². The molecule has 0 fully saturated rings. The van der Waals surface area contributed by atoms with Gasteiger partial charge in [0.2, 0.25) is 0 Å². The highest BCUT2D eigenvalue weighted by molar-refractivity contribution is 6.30. The molecule has 0 spiro atoms. The van der Waals surface area contributed by atoms with E-state index in [0.29, 0.717) is 5.02 Å². The molecule has 0 radical (unpaired) electrons. The Kier molecular flexibility index (Phi) is 5.05. The van der Waals surface area contributed by atoms with Crippen molar-refractivity contribution in [3.63, 3.8) is 0 Å². The molecule has 23 heavy (non-hydrogen) atoms. The number of ether oxygens (including phenoxy) is 1. The number of aromatic amines is 1. The van der Waals surface area contributed by atoms with Crippen molar-refractivity contribution in [3.05, 3.63) is 57.6 Å². The average Bonchev–Trinajstić information content (AvgIpc) is 2.44. The first-order chi connectivity index (χ1) is 10.7. The lowest BCUT2D eigenvalue weighted by atomic mass is 10.2. The monoisotopic (exact) mass is 335 g/mol. The van der Waals surface area contributed by atoms with Gasteiger partial charge in [0.1, 0.15) is 11.4 Å². The topological polar surface area (TPSA) is 75.3 Å². The Morgan fingerprint density at radius 1 is 1.30 bits per heavy atom. The molecule has 1 N–H and O–H groups in total. The summed E-state index contributed by atoms with van der Waals surface area (Å²) in [6.07, 6.45) is 0.669. The van der Waals surface area contributed by atoms with Gasteiger partial charge in [-0.2, -0.15) is 0 Å². The van der Waals surface area contributed by atoms with Crippen molar-refractivity contribution in [2.75, 3.05) is 4.90 Å². The van der Waals surface area contributed by atoms with E-state index < -0.39 is 11.7 Å². The van der Waals surface area contributed by atoms with Crippen molar-refractivity contribution in [2.45, 2.75) is 32.9 Å². The van der Waals surface area contributed by atoms with Gasteiger partial charge in [-0.1, -0.05) is 23.7 Å². The van der Waals surface area contributed by atoms with Crippen LogP contribution in [-0.4, -0.2) is 21.7 Å². The van der Waals surface area contributed by atoms with Crippen LogP contribution < -0.4 is 10.5 Å². The van der Waals surface area contributed by atoms with E-state index in [1.807, 2.05) is 0 Å². The minimum Gasteiger partial charge on any atom is -0.443 e. The van der Waals surface area contributed by atoms with Gasteiger partial charge in [0.05, 0.1) is 12.9 Å². The van der Waals surface area contributed by atoms with E-state index in [0.717, 1.165) is 5.56 Å². The molecule has 7 heteroatoms. The van der Waals surface area contributed by atoms with Gasteiger partial charge in [-0.3, -0.25) is 9.69 Å². The van der Waals surface area contributed by atoms with Crippen molar-refractivity contribution in [3.8, 4) is 0 Å². The number of H-pyrrole nitrogens is 1. The van der Waals surface area contributed by atoms with Crippen molar-refractivity contribution in [1.29, 1.82) is 0 Å². The maximum atomic E-state index is 12.5. The summed E-state index contributed by atoms with van der Waals surface area (Å²) in [5.74, 6) is 0.220. The van der Waals surface area contributed by atoms with Crippen molar-refractivity contribution in [1.82, 2.24) is 9.97 Å². The van der Waals surface area contributed by atoms with Crippen LogP contribution in [0.5, 0.6) is 0 Å². The molecule has 0 aliphatic rings. The quantitative estimate of drug-likeness (QED) is 0.933. The van der Waals surface area contributed by atoms with Crippen LogP contribution in [0.2, 0.25) is 5.02 Å². The van der Waals surface area contributed by atoms with Crippen LogP contribution in [0, 0.1) is 0 Å². The zero-order valence-corrected chi connectivity index (χ0v) is 13.9. The molecule has 0 saturated carbocycles. The van der Waals surface area contributed by atoms with Gasteiger partial charge in [0.15, 0.2) is 0 Å². The summed E-state index contributed by atoms with van der Waals surface area (Å²) >= 11 is 5.87. The summed E-state index contributed by atoms with van der Waals surface area (Å²) in [6, 6.07) is 8.31. The highest BCUT2D eigenvalue weighted by Gasteiger charge is 2.24. The fourth-order valence-electron chi connectivity index (χ4n) is 1.83. The SMILES string of the molecule is CC(C)(C)OC(=O)N(Cc1ccc(Cl)cc1)c1cc(=O)[nH]cn1. The average molecular weight is 336 g/mol. The van der Waals surface area contributed by atoms with Crippen LogP contribution in [0.4, 0.5) is 10.6 Å². The van der Waals surface area contributed by atoms with Gasteiger partial charge < -0.3 is 9.72 Å². The lowest BCUT2D eigenvalue weighted by molar-refractivity contribution is 0.0576. The van der Waals surface area contributed by atoms with Crippen molar-refractivity contribution < 1.29 is 9.53 Å². The van der Waals surface area contributed by atoms with E-state index in [2.05, 4.69) is 9.97 Å². The largest absolute Gasteiger partial charge is 0.443 e. The van der Waals surface area contributed by atoms with Gasteiger partial charge in [0.25, 0.3) is 5.56 Å². The molecule has 1 heterocycles. The van der Waals surface area contributed by atoms with E-state index in [9.17, 15) is 9.59 Å². The second kappa shape index (κ2) is 6.83. The number of hydrogen-bond donors (Lipinski definition) is 1. The first-order valence-electron chi connectivity index (χ1n) is 7.04. The molecule has 0 aliphatic carbocycles. The molecular formula is C16H18ClN3O3. The standard InChI is InChI=1S/C16H18ClN3O3/c1-16(2,3)23-15(22)20(13-8-14(21)19-10-18-13)9-11-4-6-12(17)7-5-11/h4-8,10H,9H2,1-3H3,(H,18,19,21). The molecule has 1 amide bonds. The molecule has 0 saturated heterocycles. The minimum absolute atomic E-state index is 0.211. The number of rotatable bonds is 3. The molecule has 0 unspecified atom stereocenters. The molecule has 2 rings (SSSR count). The second-order valence-electron chi connectivity index (χ2n) is 5.96. The third-order valence-electron chi connectivity index (χ3n) is 2.81. The third kappa shape index (κ3) is 5.10. The van der Waals surface area contributed by atoms with Gasteiger partial charge in [0, 0.05) is 11.1 Å². The Bertz CT molecular complexity index is 735. The van der Waals surface area contributed by atoms with E-state index in [-0.39, 0.29) is 17.9 Å². The Hall–Kier alpha value is -2.34. The first-order valence-corrected chi connectivity index (χ1v) is 7.42.